The Bertz CT molecular complexity index is 428. The van der Waals surface area contributed by atoms with Crippen molar-refractivity contribution in [2.24, 2.45) is 0 Å². The Morgan fingerprint density at radius 3 is 2.33 bits per heavy atom. The third-order valence-electron chi connectivity index (χ3n) is 3.50. The molecule has 0 aromatic carbocycles. The first-order valence-corrected chi connectivity index (χ1v) is 8.10. The van der Waals surface area contributed by atoms with E-state index in [1.165, 1.54) is 0 Å². The van der Waals surface area contributed by atoms with E-state index in [9.17, 15) is 4.79 Å². The van der Waals surface area contributed by atoms with Gasteiger partial charge in [0.1, 0.15) is 5.82 Å². The van der Waals surface area contributed by atoms with Crippen molar-refractivity contribution in [1.29, 1.82) is 0 Å². The molecule has 0 aliphatic heterocycles. The molecule has 0 aliphatic carbocycles. The van der Waals surface area contributed by atoms with E-state index in [4.69, 9.17) is 0 Å². The number of amides is 1. The summed E-state index contributed by atoms with van der Waals surface area (Å²) in [4.78, 5) is 21.0. The molecule has 1 rings (SSSR count). The number of pyridine rings is 1. The molecular weight excluding hydrogens is 262 g/mol. The summed E-state index contributed by atoms with van der Waals surface area (Å²) in [7, 11) is 2.03. The maximum absolute atomic E-state index is 12.6. The monoisotopic (exact) mass is 291 g/mol. The van der Waals surface area contributed by atoms with Gasteiger partial charge in [-0.1, -0.05) is 27.2 Å². The van der Waals surface area contributed by atoms with Crippen molar-refractivity contribution >= 4 is 11.7 Å². The molecule has 4 heteroatoms. The van der Waals surface area contributed by atoms with Crippen LogP contribution >= 0.6 is 0 Å². The van der Waals surface area contributed by atoms with E-state index >= 15 is 0 Å². The maximum atomic E-state index is 12.6. The van der Waals surface area contributed by atoms with E-state index in [2.05, 4.69) is 30.7 Å². The Hall–Kier alpha value is -1.58. The summed E-state index contributed by atoms with van der Waals surface area (Å²) in [6, 6.07) is 3.73. The lowest BCUT2D eigenvalue weighted by atomic mass is 10.2. The third kappa shape index (κ3) is 5.37. The zero-order valence-corrected chi connectivity index (χ0v) is 13.9. The normalized spacial score (nSPS) is 10.5. The molecule has 1 aromatic heterocycles. The SMILES string of the molecule is CCCCN(C)c1cc(C(=O)N(CCC)CCC)ccn1. The Kier molecular flexibility index (Phi) is 7.80. The molecule has 0 bridgehead atoms. The van der Waals surface area contributed by atoms with Crippen LogP contribution in [0.1, 0.15) is 56.8 Å². The van der Waals surface area contributed by atoms with Gasteiger partial charge in [0, 0.05) is 38.4 Å². The predicted molar refractivity (Wildman–Crippen MR) is 88.9 cm³/mol. The van der Waals surface area contributed by atoms with Crippen LogP contribution in [0.15, 0.2) is 18.3 Å². The molecule has 0 aliphatic rings. The molecule has 0 spiro atoms. The largest absolute Gasteiger partial charge is 0.360 e. The minimum atomic E-state index is 0.117. The van der Waals surface area contributed by atoms with Crippen LogP contribution in [0.2, 0.25) is 0 Å². The number of anilines is 1. The first-order valence-electron chi connectivity index (χ1n) is 8.10. The highest BCUT2D eigenvalue weighted by molar-refractivity contribution is 5.94. The minimum absolute atomic E-state index is 0.117. The zero-order chi connectivity index (χ0) is 15.7. The lowest BCUT2D eigenvalue weighted by molar-refractivity contribution is 0.0755. The number of hydrogen-bond acceptors (Lipinski definition) is 3. The van der Waals surface area contributed by atoms with E-state index in [1.54, 1.807) is 6.20 Å². The van der Waals surface area contributed by atoms with Crippen molar-refractivity contribution in [2.75, 3.05) is 31.6 Å². The second-order valence-corrected chi connectivity index (χ2v) is 5.47. The van der Waals surface area contributed by atoms with Gasteiger partial charge in [0.15, 0.2) is 0 Å². The first-order chi connectivity index (χ1) is 10.1. The molecule has 21 heavy (non-hydrogen) atoms. The van der Waals surface area contributed by atoms with Crippen LogP contribution in [-0.4, -0.2) is 42.5 Å². The standard InChI is InChI=1S/C17H29N3O/c1-5-8-13-19(4)16-14-15(9-10-18-16)17(21)20(11-6-2)12-7-3/h9-10,14H,5-8,11-13H2,1-4H3. The first kappa shape index (κ1) is 17.5. The van der Waals surface area contributed by atoms with Gasteiger partial charge in [0.2, 0.25) is 0 Å². The van der Waals surface area contributed by atoms with Gasteiger partial charge in [-0.3, -0.25) is 4.79 Å². The number of rotatable bonds is 9. The van der Waals surface area contributed by atoms with Crippen LogP contribution in [0.3, 0.4) is 0 Å². The molecule has 0 N–H and O–H groups in total. The second kappa shape index (κ2) is 9.37. The maximum Gasteiger partial charge on any atom is 0.254 e. The highest BCUT2D eigenvalue weighted by Crippen LogP contribution is 2.14. The fourth-order valence-electron chi connectivity index (χ4n) is 2.31. The van der Waals surface area contributed by atoms with Crippen LogP contribution in [0.5, 0.6) is 0 Å². The van der Waals surface area contributed by atoms with E-state index in [0.717, 1.165) is 56.7 Å². The molecule has 0 unspecified atom stereocenters. The zero-order valence-electron chi connectivity index (χ0n) is 13.9. The highest BCUT2D eigenvalue weighted by Gasteiger charge is 2.15. The molecule has 0 radical (unpaired) electrons. The summed E-state index contributed by atoms with van der Waals surface area (Å²) < 4.78 is 0. The fourth-order valence-corrected chi connectivity index (χ4v) is 2.31. The lowest BCUT2D eigenvalue weighted by Crippen LogP contribution is -2.32. The number of hydrogen-bond donors (Lipinski definition) is 0. The van der Waals surface area contributed by atoms with Gasteiger partial charge in [-0.15, -0.1) is 0 Å². The topological polar surface area (TPSA) is 36.4 Å². The predicted octanol–water partition coefficient (Wildman–Crippen LogP) is 3.58. The number of nitrogens with zero attached hydrogens (tertiary/aromatic N) is 3. The Balaban J connectivity index is 2.84. The van der Waals surface area contributed by atoms with Gasteiger partial charge in [0.25, 0.3) is 5.91 Å². The van der Waals surface area contributed by atoms with Crippen LogP contribution in [0, 0.1) is 0 Å². The van der Waals surface area contributed by atoms with Gasteiger partial charge in [-0.25, -0.2) is 4.98 Å². The molecule has 1 amide bonds. The number of carbonyl (C=O) groups excluding carboxylic acids is 1. The molecule has 118 valence electrons. The van der Waals surface area contributed by atoms with E-state index in [0.29, 0.717) is 0 Å². The highest BCUT2D eigenvalue weighted by atomic mass is 16.2. The smallest absolute Gasteiger partial charge is 0.254 e. The Labute approximate surface area is 129 Å². The summed E-state index contributed by atoms with van der Waals surface area (Å²) in [6.07, 6.45) is 6.00. The van der Waals surface area contributed by atoms with Gasteiger partial charge < -0.3 is 9.80 Å². The van der Waals surface area contributed by atoms with Crippen molar-refractivity contribution in [3.8, 4) is 0 Å². The number of carbonyl (C=O) groups is 1. The molecule has 1 heterocycles. The summed E-state index contributed by atoms with van der Waals surface area (Å²) in [6.45, 7) is 8.98. The fraction of sp³-hybridized carbons (Fsp3) is 0.647. The molecular formula is C17H29N3O. The summed E-state index contributed by atoms with van der Waals surface area (Å²) in [5, 5.41) is 0. The number of aromatic nitrogens is 1. The number of unbranched alkanes of at least 4 members (excludes halogenated alkanes) is 1. The molecule has 1 aromatic rings. The van der Waals surface area contributed by atoms with Gasteiger partial charge in [-0.2, -0.15) is 0 Å². The molecule has 0 fully saturated rings. The lowest BCUT2D eigenvalue weighted by Gasteiger charge is -2.23. The Morgan fingerprint density at radius 2 is 1.76 bits per heavy atom. The van der Waals surface area contributed by atoms with Crippen molar-refractivity contribution in [3.05, 3.63) is 23.9 Å². The van der Waals surface area contributed by atoms with Gasteiger partial charge >= 0.3 is 0 Å². The third-order valence-corrected chi connectivity index (χ3v) is 3.50. The van der Waals surface area contributed by atoms with Crippen molar-refractivity contribution in [1.82, 2.24) is 9.88 Å². The van der Waals surface area contributed by atoms with Crippen molar-refractivity contribution in [2.45, 2.75) is 46.5 Å². The average Bonchev–Trinajstić information content (AvgIpc) is 2.51. The Morgan fingerprint density at radius 1 is 1.10 bits per heavy atom. The van der Waals surface area contributed by atoms with E-state index in [1.807, 2.05) is 24.1 Å². The van der Waals surface area contributed by atoms with Gasteiger partial charge in [-0.05, 0) is 31.4 Å². The summed E-state index contributed by atoms with van der Waals surface area (Å²) in [5.41, 5.74) is 0.741. The average molecular weight is 291 g/mol. The second-order valence-electron chi connectivity index (χ2n) is 5.47. The van der Waals surface area contributed by atoms with Crippen molar-refractivity contribution in [3.63, 3.8) is 0 Å². The van der Waals surface area contributed by atoms with Crippen LogP contribution in [0.4, 0.5) is 5.82 Å². The van der Waals surface area contributed by atoms with E-state index in [-0.39, 0.29) is 5.91 Å². The van der Waals surface area contributed by atoms with Crippen LogP contribution in [0.25, 0.3) is 0 Å². The van der Waals surface area contributed by atoms with Crippen molar-refractivity contribution < 1.29 is 4.79 Å². The molecule has 0 atom stereocenters. The van der Waals surface area contributed by atoms with Gasteiger partial charge in [0.05, 0.1) is 0 Å². The summed E-state index contributed by atoms with van der Waals surface area (Å²) in [5.74, 6) is 0.994. The minimum Gasteiger partial charge on any atom is -0.360 e. The van der Waals surface area contributed by atoms with Crippen LogP contribution in [-0.2, 0) is 0 Å². The van der Waals surface area contributed by atoms with E-state index < -0.39 is 0 Å². The molecule has 4 nitrogen and oxygen atoms in total. The molecule has 0 saturated carbocycles. The summed E-state index contributed by atoms with van der Waals surface area (Å²) >= 11 is 0. The quantitative estimate of drug-likeness (QED) is 0.698. The van der Waals surface area contributed by atoms with Crippen LogP contribution < -0.4 is 4.90 Å². The molecule has 0 saturated heterocycles.